The molecule has 0 saturated heterocycles. The SMILES string of the molecule is CC(=Nc1ccccc1C(F)(F)F)c1ccc(N)cc1. The first-order valence-corrected chi connectivity index (χ1v) is 5.95. The summed E-state index contributed by atoms with van der Waals surface area (Å²) in [6, 6.07) is 12.1. The molecule has 0 unspecified atom stereocenters. The van der Waals surface area contributed by atoms with Gasteiger partial charge in [-0.05, 0) is 36.8 Å². The van der Waals surface area contributed by atoms with E-state index in [0.29, 0.717) is 11.4 Å². The lowest BCUT2D eigenvalue weighted by Crippen LogP contribution is -2.05. The van der Waals surface area contributed by atoms with Crippen LogP contribution < -0.4 is 5.73 Å². The fourth-order valence-electron chi connectivity index (χ4n) is 1.78. The van der Waals surface area contributed by atoms with Gasteiger partial charge in [-0.25, -0.2) is 0 Å². The molecule has 0 aliphatic rings. The van der Waals surface area contributed by atoms with Crippen LogP contribution in [-0.4, -0.2) is 5.71 Å². The second-order valence-corrected chi connectivity index (χ2v) is 4.33. The van der Waals surface area contributed by atoms with Gasteiger partial charge in [0.15, 0.2) is 0 Å². The van der Waals surface area contributed by atoms with Crippen LogP contribution in [0.2, 0.25) is 0 Å². The summed E-state index contributed by atoms with van der Waals surface area (Å²) in [6.45, 7) is 1.67. The number of rotatable bonds is 2. The fourth-order valence-corrected chi connectivity index (χ4v) is 1.78. The molecular weight excluding hydrogens is 265 g/mol. The van der Waals surface area contributed by atoms with E-state index in [1.807, 2.05) is 0 Å². The summed E-state index contributed by atoms with van der Waals surface area (Å²) in [4.78, 5) is 4.08. The normalized spacial score (nSPS) is 12.5. The third kappa shape index (κ3) is 3.17. The number of nitrogen functional groups attached to an aromatic ring is 1. The number of hydrogen-bond donors (Lipinski definition) is 1. The second-order valence-electron chi connectivity index (χ2n) is 4.33. The number of nitrogens with two attached hydrogens (primary N) is 1. The van der Waals surface area contributed by atoms with Crippen LogP contribution in [-0.2, 0) is 6.18 Å². The highest BCUT2D eigenvalue weighted by atomic mass is 19.4. The van der Waals surface area contributed by atoms with E-state index >= 15 is 0 Å². The van der Waals surface area contributed by atoms with E-state index in [9.17, 15) is 13.2 Å². The summed E-state index contributed by atoms with van der Waals surface area (Å²) in [5, 5.41) is 0. The molecule has 0 bridgehead atoms. The Kier molecular flexibility index (Phi) is 3.79. The lowest BCUT2D eigenvalue weighted by molar-refractivity contribution is -0.137. The van der Waals surface area contributed by atoms with Crippen molar-refractivity contribution in [3.63, 3.8) is 0 Å². The average molecular weight is 278 g/mol. The largest absolute Gasteiger partial charge is 0.418 e. The predicted molar refractivity (Wildman–Crippen MR) is 74.2 cm³/mol. The first-order chi connectivity index (χ1) is 9.38. The van der Waals surface area contributed by atoms with Crippen molar-refractivity contribution in [1.82, 2.24) is 0 Å². The Morgan fingerprint density at radius 3 is 2.20 bits per heavy atom. The predicted octanol–water partition coefficient (Wildman–Crippen LogP) is 4.43. The smallest absolute Gasteiger partial charge is 0.399 e. The lowest BCUT2D eigenvalue weighted by atomic mass is 10.1. The summed E-state index contributed by atoms with van der Waals surface area (Å²) in [5.41, 5.74) is 6.57. The summed E-state index contributed by atoms with van der Waals surface area (Å²) >= 11 is 0. The van der Waals surface area contributed by atoms with Gasteiger partial charge in [0, 0.05) is 11.4 Å². The molecule has 0 aliphatic heterocycles. The third-order valence-electron chi connectivity index (χ3n) is 2.83. The molecule has 0 spiro atoms. The molecule has 2 aromatic carbocycles. The molecular formula is C15H13F3N2. The molecule has 0 fully saturated rings. The van der Waals surface area contributed by atoms with Crippen LogP contribution in [0.3, 0.4) is 0 Å². The first-order valence-electron chi connectivity index (χ1n) is 5.95. The van der Waals surface area contributed by atoms with Crippen LogP contribution in [0.1, 0.15) is 18.1 Å². The highest BCUT2D eigenvalue weighted by Gasteiger charge is 2.33. The number of aliphatic imine (C=N–C) groups is 1. The molecule has 104 valence electrons. The van der Waals surface area contributed by atoms with Crippen molar-refractivity contribution in [1.29, 1.82) is 0 Å². The Balaban J connectivity index is 2.43. The van der Waals surface area contributed by atoms with Crippen molar-refractivity contribution in [3.05, 3.63) is 59.7 Å². The van der Waals surface area contributed by atoms with Gasteiger partial charge in [-0.3, -0.25) is 4.99 Å². The van der Waals surface area contributed by atoms with Gasteiger partial charge in [0.05, 0.1) is 11.3 Å². The minimum atomic E-state index is -4.42. The Morgan fingerprint density at radius 1 is 1.00 bits per heavy atom. The zero-order valence-electron chi connectivity index (χ0n) is 10.8. The molecule has 0 aliphatic carbocycles. The molecule has 20 heavy (non-hydrogen) atoms. The molecule has 0 radical (unpaired) electrons. The summed E-state index contributed by atoms with van der Waals surface area (Å²) in [6.07, 6.45) is -4.42. The lowest BCUT2D eigenvalue weighted by Gasteiger charge is -2.10. The number of para-hydroxylation sites is 1. The van der Waals surface area contributed by atoms with Crippen LogP contribution in [0.15, 0.2) is 53.5 Å². The standard InChI is InChI=1S/C15H13F3N2/c1-10(11-6-8-12(19)9-7-11)20-14-5-3-2-4-13(14)15(16,17)18/h2-9H,19H2,1H3. The maximum absolute atomic E-state index is 12.9. The van der Waals surface area contributed by atoms with Gasteiger partial charge >= 0.3 is 6.18 Å². The average Bonchev–Trinajstić information content (AvgIpc) is 2.38. The Morgan fingerprint density at radius 2 is 1.60 bits per heavy atom. The molecule has 0 heterocycles. The number of halogens is 3. The van der Waals surface area contributed by atoms with Crippen LogP contribution >= 0.6 is 0 Å². The van der Waals surface area contributed by atoms with Crippen molar-refractivity contribution in [2.75, 3.05) is 5.73 Å². The number of benzene rings is 2. The molecule has 0 atom stereocenters. The van der Waals surface area contributed by atoms with Crippen molar-refractivity contribution >= 4 is 17.1 Å². The summed E-state index contributed by atoms with van der Waals surface area (Å²) in [7, 11) is 0. The van der Waals surface area contributed by atoms with Gasteiger partial charge in [0.1, 0.15) is 0 Å². The molecule has 2 rings (SSSR count). The van der Waals surface area contributed by atoms with E-state index in [-0.39, 0.29) is 5.69 Å². The monoisotopic (exact) mass is 278 g/mol. The minimum Gasteiger partial charge on any atom is -0.399 e. The fraction of sp³-hybridized carbons (Fsp3) is 0.133. The van der Waals surface area contributed by atoms with Gasteiger partial charge in [0.2, 0.25) is 0 Å². The van der Waals surface area contributed by atoms with Gasteiger partial charge in [0.25, 0.3) is 0 Å². The number of hydrogen-bond acceptors (Lipinski definition) is 2. The molecule has 2 nitrogen and oxygen atoms in total. The zero-order chi connectivity index (χ0) is 14.8. The first kappa shape index (κ1) is 14.1. The molecule has 0 amide bonds. The van der Waals surface area contributed by atoms with Crippen molar-refractivity contribution < 1.29 is 13.2 Å². The summed E-state index contributed by atoms with van der Waals surface area (Å²) < 4.78 is 38.6. The molecule has 5 heteroatoms. The van der Waals surface area contributed by atoms with Gasteiger partial charge in [-0.1, -0.05) is 24.3 Å². The Hall–Kier alpha value is -2.30. The molecule has 0 saturated carbocycles. The third-order valence-corrected chi connectivity index (χ3v) is 2.83. The van der Waals surface area contributed by atoms with Crippen molar-refractivity contribution in [2.24, 2.45) is 4.99 Å². The Labute approximate surface area is 114 Å². The van der Waals surface area contributed by atoms with E-state index in [2.05, 4.69) is 4.99 Å². The minimum absolute atomic E-state index is 0.0886. The Bertz CT molecular complexity index is 628. The van der Waals surface area contributed by atoms with Crippen molar-refractivity contribution in [3.8, 4) is 0 Å². The highest BCUT2D eigenvalue weighted by Crippen LogP contribution is 2.36. The number of anilines is 1. The summed E-state index contributed by atoms with van der Waals surface area (Å²) in [5.74, 6) is 0. The van der Waals surface area contributed by atoms with E-state index in [4.69, 9.17) is 5.73 Å². The molecule has 0 aromatic heterocycles. The number of nitrogens with zero attached hydrogens (tertiary/aromatic N) is 1. The molecule has 2 N–H and O–H groups in total. The van der Waals surface area contributed by atoms with Crippen LogP contribution in [0.5, 0.6) is 0 Å². The van der Waals surface area contributed by atoms with Gasteiger partial charge in [-0.15, -0.1) is 0 Å². The maximum atomic E-state index is 12.9. The van der Waals surface area contributed by atoms with E-state index in [0.717, 1.165) is 11.6 Å². The van der Waals surface area contributed by atoms with Gasteiger partial charge in [-0.2, -0.15) is 13.2 Å². The van der Waals surface area contributed by atoms with Gasteiger partial charge < -0.3 is 5.73 Å². The highest BCUT2D eigenvalue weighted by molar-refractivity contribution is 6.00. The second kappa shape index (κ2) is 5.36. The van der Waals surface area contributed by atoms with E-state index in [1.54, 1.807) is 31.2 Å². The van der Waals surface area contributed by atoms with Crippen LogP contribution in [0, 0.1) is 0 Å². The van der Waals surface area contributed by atoms with E-state index in [1.165, 1.54) is 18.2 Å². The topological polar surface area (TPSA) is 38.4 Å². The van der Waals surface area contributed by atoms with E-state index < -0.39 is 11.7 Å². The quantitative estimate of drug-likeness (QED) is 0.640. The van der Waals surface area contributed by atoms with Crippen LogP contribution in [0.4, 0.5) is 24.5 Å². The zero-order valence-corrected chi connectivity index (χ0v) is 10.8. The molecule has 2 aromatic rings. The maximum Gasteiger partial charge on any atom is 0.418 e. The van der Waals surface area contributed by atoms with Crippen LogP contribution in [0.25, 0.3) is 0 Å². The number of alkyl halides is 3. The van der Waals surface area contributed by atoms with Crippen molar-refractivity contribution in [2.45, 2.75) is 13.1 Å².